The normalized spacial score (nSPS) is 25.5. The molecule has 0 radical (unpaired) electrons. The van der Waals surface area contributed by atoms with Crippen LogP contribution < -0.4 is 10.2 Å². The predicted molar refractivity (Wildman–Crippen MR) is 79.5 cm³/mol. The van der Waals surface area contributed by atoms with Crippen LogP contribution in [0.1, 0.15) is 38.3 Å². The van der Waals surface area contributed by atoms with Gasteiger partial charge in [0.25, 0.3) is 0 Å². The minimum absolute atomic E-state index is 0.126. The van der Waals surface area contributed by atoms with E-state index < -0.39 is 17.4 Å². The fraction of sp³-hybridized carbons (Fsp3) is 0.643. The summed E-state index contributed by atoms with van der Waals surface area (Å²) >= 11 is 1.04. The van der Waals surface area contributed by atoms with Crippen LogP contribution in [0.15, 0.2) is 10.2 Å². The molecule has 1 saturated carbocycles. The van der Waals surface area contributed by atoms with Crippen molar-refractivity contribution >= 4 is 23.2 Å². The van der Waals surface area contributed by atoms with Gasteiger partial charge in [0, 0.05) is 11.1 Å². The molecule has 0 aromatic carbocycles. The number of aromatic nitrogens is 1. The Morgan fingerprint density at radius 3 is 2.57 bits per heavy atom. The molecule has 21 heavy (non-hydrogen) atoms. The van der Waals surface area contributed by atoms with Crippen molar-refractivity contribution in [3.8, 4) is 0 Å². The van der Waals surface area contributed by atoms with E-state index in [4.69, 9.17) is 0 Å². The summed E-state index contributed by atoms with van der Waals surface area (Å²) in [6, 6.07) is 0. The topological polar surface area (TPSA) is 88.4 Å². The van der Waals surface area contributed by atoms with E-state index in [2.05, 4.69) is 12.2 Å². The fourth-order valence-corrected chi connectivity index (χ4v) is 3.43. The lowest BCUT2D eigenvalue weighted by Gasteiger charge is -2.36. The number of hydrogen-bond acceptors (Lipinski definition) is 4. The van der Waals surface area contributed by atoms with Gasteiger partial charge in [-0.15, -0.1) is 0 Å². The van der Waals surface area contributed by atoms with E-state index in [1.54, 1.807) is 12.3 Å². The summed E-state index contributed by atoms with van der Waals surface area (Å²) < 4.78 is 1.36. The van der Waals surface area contributed by atoms with Crippen molar-refractivity contribution in [3.05, 3.63) is 20.7 Å². The number of amides is 1. The van der Waals surface area contributed by atoms with Crippen molar-refractivity contribution in [1.29, 1.82) is 0 Å². The van der Waals surface area contributed by atoms with Gasteiger partial charge >= 0.3 is 10.8 Å². The lowest BCUT2D eigenvalue weighted by atomic mass is 9.77. The van der Waals surface area contributed by atoms with Crippen LogP contribution in [0.25, 0.3) is 0 Å². The van der Waals surface area contributed by atoms with E-state index in [1.807, 2.05) is 0 Å². The van der Waals surface area contributed by atoms with Gasteiger partial charge in [-0.3, -0.25) is 14.2 Å². The third-order valence-corrected chi connectivity index (χ3v) is 5.08. The number of carboxylic acid groups (broad SMARTS) is 1. The third-order valence-electron chi connectivity index (χ3n) is 4.19. The van der Waals surface area contributed by atoms with Crippen molar-refractivity contribution in [2.75, 3.05) is 0 Å². The van der Waals surface area contributed by atoms with E-state index in [1.165, 1.54) is 4.57 Å². The van der Waals surface area contributed by atoms with Gasteiger partial charge in [-0.2, -0.15) is 0 Å². The van der Waals surface area contributed by atoms with Gasteiger partial charge in [0.05, 0.1) is 0 Å². The van der Waals surface area contributed by atoms with Crippen LogP contribution in [0, 0.1) is 12.8 Å². The van der Waals surface area contributed by atoms with Gasteiger partial charge in [0.1, 0.15) is 12.1 Å². The number of aryl methyl sites for hydroxylation is 1. The Bertz CT molecular complexity index is 596. The number of hydrogen-bond donors (Lipinski definition) is 2. The first kappa shape index (κ1) is 15.8. The Morgan fingerprint density at radius 2 is 2.10 bits per heavy atom. The van der Waals surface area contributed by atoms with E-state index in [0.717, 1.165) is 24.2 Å². The summed E-state index contributed by atoms with van der Waals surface area (Å²) in [5.74, 6) is -0.927. The van der Waals surface area contributed by atoms with E-state index >= 15 is 0 Å². The number of nitrogens with one attached hydrogen (secondary N) is 1. The molecule has 1 fully saturated rings. The van der Waals surface area contributed by atoms with E-state index in [-0.39, 0.29) is 11.4 Å². The van der Waals surface area contributed by atoms with E-state index in [0.29, 0.717) is 24.5 Å². The summed E-state index contributed by atoms with van der Waals surface area (Å²) in [6.45, 7) is 3.71. The van der Waals surface area contributed by atoms with Crippen molar-refractivity contribution in [1.82, 2.24) is 9.88 Å². The molecule has 1 aliphatic rings. The van der Waals surface area contributed by atoms with Crippen LogP contribution in [0.2, 0.25) is 0 Å². The molecule has 1 aliphatic carbocycles. The highest BCUT2D eigenvalue weighted by molar-refractivity contribution is 7.07. The standard InChI is InChI=1S/C14H20N2O4S/c1-9-3-5-14(6-4-9,12(18)19)15-11(17)7-16-10(2)8-21-13(16)20/h8-9H,3-7H2,1-2H3,(H,15,17)(H,18,19). The number of carbonyl (C=O) groups excluding carboxylic acids is 1. The predicted octanol–water partition coefficient (Wildman–Crippen LogP) is 1.37. The molecule has 0 bridgehead atoms. The Kier molecular flexibility index (Phi) is 4.51. The van der Waals surface area contributed by atoms with Gasteiger partial charge in [0.15, 0.2) is 0 Å². The molecule has 1 heterocycles. The highest BCUT2D eigenvalue weighted by Crippen LogP contribution is 2.32. The molecule has 2 rings (SSSR count). The lowest BCUT2D eigenvalue weighted by Crippen LogP contribution is -2.57. The maximum absolute atomic E-state index is 12.1. The first-order valence-corrected chi connectivity index (χ1v) is 7.91. The quantitative estimate of drug-likeness (QED) is 0.879. The zero-order valence-electron chi connectivity index (χ0n) is 12.2. The smallest absolute Gasteiger partial charge is 0.329 e. The van der Waals surface area contributed by atoms with Gasteiger partial charge < -0.3 is 10.4 Å². The zero-order valence-corrected chi connectivity index (χ0v) is 13.0. The Hall–Kier alpha value is -1.63. The number of carboxylic acids is 1. The molecule has 0 unspecified atom stereocenters. The zero-order chi connectivity index (χ0) is 15.6. The van der Waals surface area contributed by atoms with Crippen LogP contribution in [0.4, 0.5) is 0 Å². The molecule has 1 aromatic rings. The number of aliphatic carboxylic acids is 1. The summed E-state index contributed by atoms with van der Waals surface area (Å²) in [7, 11) is 0. The molecule has 2 N–H and O–H groups in total. The molecule has 7 heteroatoms. The first-order chi connectivity index (χ1) is 9.84. The summed E-state index contributed by atoms with van der Waals surface area (Å²) in [6.07, 6.45) is 2.44. The van der Waals surface area contributed by atoms with Crippen molar-refractivity contribution in [3.63, 3.8) is 0 Å². The van der Waals surface area contributed by atoms with Crippen LogP contribution >= 0.6 is 11.3 Å². The molecule has 0 saturated heterocycles. The maximum Gasteiger partial charge on any atom is 0.329 e. The average Bonchev–Trinajstić information content (AvgIpc) is 2.73. The minimum atomic E-state index is -1.18. The highest BCUT2D eigenvalue weighted by atomic mass is 32.1. The third kappa shape index (κ3) is 3.34. The minimum Gasteiger partial charge on any atom is -0.480 e. The average molecular weight is 312 g/mol. The maximum atomic E-state index is 12.1. The van der Waals surface area contributed by atoms with Gasteiger partial charge in [-0.25, -0.2) is 4.79 Å². The molecule has 0 aliphatic heterocycles. The fourth-order valence-electron chi connectivity index (χ4n) is 2.69. The number of nitrogens with zero attached hydrogens (tertiary/aromatic N) is 1. The van der Waals surface area contributed by atoms with Crippen molar-refractivity contribution in [2.45, 2.75) is 51.6 Å². The molecular formula is C14H20N2O4S. The van der Waals surface area contributed by atoms with Crippen LogP contribution in [-0.4, -0.2) is 27.1 Å². The van der Waals surface area contributed by atoms with Crippen LogP contribution in [-0.2, 0) is 16.1 Å². The first-order valence-electron chi connectivity index (χ1n) is 7.03. The second-order valence-electron chi connectivity index (χ2n) is 5.85. The second kappa shape index (κ2) is 6.01. The summed E-state index contributed by atoms with van der Waals surface area (Å²) in [4.78, 5) is 35.1. The van der Waals surface area contributed by atoms with Crippen molar-refractivity contribution < 1.29 is 14.7 Å². The molecule has 0 spiro atoms. The Labute approximate surface area is 126 Å². The van der Waals surface area contributed by atoms with Gasteiger partial charge in [0.2, 0.25) is 5.91 Å². The molecule has 116 valence electrons. The molecule has 6 nitrogen and oxygen atoms in total. The number of rotatable bonds is 4. The molecule has 0 atom stereocenters. The highest BCUT2D eigenvalue weighted by Gasteiger charge is 2.42. The van der Waals surface area contributed by atoms with E-state index in [9.17, 15) is 19.5 Å². The lowest BCUT2D eigenvalue weighted by molar-refractivity contribution is -0.149. The largest absolute Gasteiger partial charge is 0.480 e. The summed E-state index contributed by atoms with van der Waals surface area (Å²) in [5, 5.41) is 13.8. The monoisotopic (exact) mass is 312 g/mol. The van der Waals surface area contributed by atoms with Crippen LogP contribution in [0.3, 0.4) is 0 Å². The van der Waals surface area contributed by atoms with Crippen molar-refractivity contribution in [2.24, 2.45) is 5.92 Å². The van der Waals surface area contributed by atoms with Gasteiger partial charge in [-0.05, 0) is 38.5 Å². The number of carbonyl (C=O) groups is 2. The molecule has 1 amide bonds. The summed E-state index contributed by atoms with van der Waals surface area (Å²) in [5.41, 5.74) is -0.473. The SMILES string of the molecule is Cc1csc(=O)n1CC(=O)NC1(C(=O)O)CCC(C)CC1. The molecule has 1 aromatic heterocycles. The van der Waals surface area contributed by atoms with Gasteiger partial charge in [-0.1, -0.05) is 18.3 Å². The Morgan fingerprint density at radius 1 is 1.48 bits per heavy atom. The Balaban J connectivity index is 2.09. The number of thiazole rings is 1. The second-order valence-corrected chi connectivity index (χ2v) is 6.67. The van der Waals surface area contributed by atoms with Crippen LogP contribution in [0.5, 0.6) is 0 Å². The molecular weight excluding hydrogens is 292 g/mol.